The fourth-order valence-electron chi connectivity index (χ4n) is 3.24. The standard InChI is InChI=1S/C14H20N2OS/c17-14(10-11-4-3-9-18-11)15-12-6-8-16-7-2-1-5-13(12)16/h3-4,9,12-13H,1-2,5-8,10H2,(H,15,17). The van der Waals surface area contributed by atoms with Crippen molar-refractivity contribution in [2.75, 3.05) is 13.1 Å². The lowest BCUT2D eigenvalue weighted by molar-refractivity contribution is -0.121. The fraction of sp³-hybridized carbons (Fsp3) is 0.643. The molecule has 0 saturated carbocycles. The zero-order valence-electron chi connectivity index (χ0n) is 10.6. The van der Waals surface area contributed by atoms with Crippen LogP contribution < -0.4 is 5.32 Å². The third-order valence-corrected chi connectivity index (χ3v) is 4.99. The van der Waals surface area contributed by atoms with Gasteiger partial charge >= 0.3 is 0 Å². The molecule has 0 aromatic carbocycles. The summed E-state index contributed by atoms with van der Waals surface area (Å²) in [5, 5.41) is 5.27. The largest absolute Gasteiger partial charge is 0.351 e. The van der Waals surface area contributed by atoms with Crippen LogP contribution in [-0.2, 0) is 11.2 Å². The Labute approximate surface area is 112 Å². The summed E-state index contributed by atoms with van der Waals surface area (Å²) >= 11 is 1.66. The molecule has 2 atom stereocenters. The predicted molar refractivity (Wildman–Crippen MR) is 73.8 cm³/mol. The van der Waals surface area contributed by atoms with Crippen molar-refractivity contribution in [1.82, 2.24) is 10.2 Å². The molecule has 1 aromatic heterocycles. The van der Waals surface area contributed by atoms with Gasteiger partial charge in [0.2, 0.25) is 5.91 Å². The van der Waals surface area contributed by atoms with Crippen LogP contribution in [0.2, 0.25) is 0 Å². The van der Waals surface area contributed by atoms with Crippen LogP contribution in [0, 0.1) is 0 Å². The van der Waals surface area contributed by atoms with Crippen molar-refractivity contribution in [2.24, 2.45) is 0 Å². The van der Waals surface area contributed by atoms with Crippen molar-refractivity contribution in [2.45, 2.75) is 44.2 Å². The molecule has 1 N–H and O–H groups in total. The monoisotopic (exact) mass is 264 g/mol. The van der Waals surface area contributed by atoms with Crippen molar-refractivity contribution in [3.05, 3.63) is 22.4 Å². The maximum atomic E-state index is 12.0. The molecule has 2 aliphatic rings. The maximum absolute atomic E-state index is 12.0. The molecule has 0 spiro atoms. The van der Waals surface area contributed by atoms with Gasteiger partial charge in [-0.15, -0.1) is 11.3 Å². The zero-order chi connectivity index (χ0) is 12.4. The first-order valence-electron chi connectivity index (χ1n) is 6.89. The minimum absolute atomic E-state index is 0.190. The van der Waals surface area contributed by atoms with E-state index in [1.54, 1.807) is 11.3 Å². The van der Waals surface area contributed by atoms with Crippen molar-refractivity contribution in [1.29, 1.82) is 0 Å². The SMILES string of the molecule is O=C(Cc1cccs1)NC1CCN2CCCCC12. The maximum Gasteiger partial charge on any atom is 0.225 e. The summed E-state index contributed by atoms with van der Waals surface area (Å²) in [6.07, 6.45) is 5.57. The van der Waals surface area contributed by atoms with Gasteiger partial charge in [-0.3, -0.25) is 9.69 Å². The molecule has 18 heavy (non-hydrogen) atoms. The molecule has 0 aliphatic carbocycles. The molecule has 1 aromatic rings. The number of hydrogen-bond donors (Lipinski definition) is 1. The molecule has 3 nitrogen and oxygen atoms in total. The molecular weight excluding hydrogens is 244 g/mol. The second-order valence-electron chi connectivity index (χ2n) is 5.32. The normalized spacial score (nSPS) is 28.0. The first-order chi connectivity index (χ1) is 8.83. The Kier molecular flexibility index (Phi) is 3.66. The van der Waals surface area contributed by atoms with Gasteiger partial charge < -0.3 is 5.32 Å². The molecule has 3 rings (SSSR count). The summed E-state index contributed by atoms with van der Waals surface area (Å²) in [5.41, 5.74) is 0. The van der Waals surface area contributed by atoms with Crippen LogP contribution in [0.15, 0.2) is 17.5 Å². The minimum atomic E-state index is 0.190. The lowest BCUT2D eigenvalue weighted by Crippen LogP contribution is -2.47. The Morgan fingerprint density at radius 2 is 2.33 bits per heavy atom. The third-order valence-electron chi connectivity index (χ3n) is 4.12. The molecule has 0 bridgehead atoms. The Morgan fingerprint density at radius 1 is 1.39 bits per heavy atom. The fourth-order valence-corrected chi connectivity index (χ4v) is 3.95. The smallest absolute Gasteiger partial charge is 0.225 e. The predicted octanol–water partition coefficient (Wildman–Crippen LogP) is 2.03. The molecule has 3 heterocycles. The van der Waals surface area contributed by atoms with Gasteiger partial charge in [0.05, 0.1) is 6.42 Å². The van der Waals surface area contributed by atoms with Crippen LogP contribution in [-0.4, -0.2) is 36.0 Å². The Morgan fingerprint density at radius 3 is 3.17 bits per heavy atom. The number of hydrogen-bond acceptors (Lipinski definition) is 3. The van der Waals surface area contributed by atoms with Gasteiger partial charge in [-0.05, 0) is 37.3 Å². The summed E-state index contributed by atoms with van der Waals surface area (Å²) in [5.74, 6) is 0.190. The van der Waals surface area contributed by atoms with Crippen LogP contribution >= 0.6 is 11.3 Å². The molecular formula is C14H20N2OS. The first-order valence-corrected chi connectivity index (χ1v) is 7.77. The summed E-state index contributed by atoms with van der Waals surface area (Å²) in [7, 11) is 0. The number of fused-ring (bicyclic) bond motifs is 1. The number of carbonyl (C=O) groups is 1. The summed E-state index contributed by atoms with van der Waals surface area (Å²) in [6.45, 7) is 2.39. The Bertz CT molecular complexity index is 404. The number of nitrogens with zero attached hydrogens (tertiary/aromatic N) is 1. The highest BCUT2D eigenvalue weighted by molar-refractivity contribution is 7.10. The number of amides is 1. The first kappa shape index (κ1) is 12.2. The molecule has 98 valence electrons. The van der Waals surface area contributed by atoms with Gasteiger partial charge in [-0.2, -0.15) is 0 Å². The van der Waals surface area contributed by atoms with Crippen LogP contribution in [0.25, 0.3) is 0 Å². The number of thiophene rings is 1. The van der Waals surface area contributed by atoms with E-state index in [0.717, 1.165) is 17.8 Å². The van der Waals surface area contributed by atoms with E-state index in [2.05, 4.69) is 10.2 Å². The van der Waals surface area contributed by atoms with Crippen molar-refractivity contribution in [3.63, 3.8) is 0 Å². The molecule has 2 fully saturated rings. The lowest BCUT2D eigenvalue weighted by atomic mass is 9.99. The summed E-state index contributed by atoms with van der Waals surface area (Å²) in [6, 6.07) is 5.03. The second kappa shape index (κ2) is 5.41. The third kappa shape index (κ3) is 2.59. The molecule has 4 heteroatoms. The van der Waals surface area contributed by atoms with Crippen LogP contribution in [0.5, 0.6) is 0 Å². The van der Waals surface area contributed by atoms with E-state index in [9.17, 15) is 4.79 Å². The van der Waals surface area contributed by atoms with Gasteiger partial charge in [0.1, 0.15) is 0 Å². The van der Waals surface area contributed by atoms with E-state index in [1.165, 1.54) is 25.8 Å². The Hall–Kier alpha value is -0.870. The van der Waals surface area contributed by atoms with Crippen LogP contribution in [0.4, 0.5) is 0 Å². The molecule has 2 unspecified atom stereocenters. The Balaban J connectivity index is 1.54. The average molecular weight is 264 g/mol. The van der Waals surface area contributed by atoms with Gasteiger partial charge in [0.25, 0.3) is 0 Å². The van der Waals surface area contributed by atoms with Crippen LogP contribution in [0.1, 0.15) is 30.6 Å². The van der Waals surface area contributed by atoms with E-state index in [-0.39, 0.29) is 5.91 Å². The van der Waals surface area contributed by atoms with Gasteiger partial charge in [-0.1, -0.05) is 12.5 Å². The summed E-state index contributed by atoms with van der Waals surface area (Å²) < 4.78 is 0. The van der Waals surface area contributed by atoms with E-state index in [1.807, 2.05) is 17.5 Å². The topological polar surface area (TPSA) is 32.3 Å². The number of piperidine rings is 1. The lowest BCUT2D eigenvalue weighted by Gasteiger charge is -2.32. The van der Waals surface area contributed by atoms with E-state index in [0.29, 0.717) is 18.5 Å². The molecule has 1 amide bonds. The van der Waals surface area contributed by atoms with Crippen molar-refractivity contribution >= 4 is 17.2 Å². The molecule has 2 saturated heterocycles. The summed E-state index contributed by atoms with van der Waals surface area (Å²) in [4.78, 5) is 15.7. The molecule has 0 radical (unpaired) electrons. The van der Waals surface area contributed by atoms with Crippen LogP contribution in [0.3, 0.4) is 0 Å². The average Bonchev–Trinajstić information content (AvgIpc) is 3.00. The van der Waals surface area contributed by atoms with Crippen molar-refractivity contribution in [3.8, 4) is 0 Å². The zero-order valence-corrected chi connectivity index (χ0v) is 11.4. The highest BCUT2D eigenvalue weighted by atomic mass is 32.1. The second-order valence-corrected chi connectivity index (χ2v) is 6.35. The van der Waals surface area contributed by atoms with E-state index >= 15 is 0 Å². The minimum Gasteiger partial charge on any atom is -0.351 e. The van der Waals surface area contributed by atoms with E-state index < -0.39 is 0 Å². The van der Waals surface area contributed by atoms with Crippen molar-refractivity contribution < 1.29 is 4.79 Å². The van der Waals surface area contributed by atoms with Gasteiger partial charge in [-0.25, -0.2) is 0 Å². The highest BCUT2D eigenvalue weighted by Gasteiger charge is 2.36. The van der Waals surface area contributed by atoms with E-state index in [4.69, 9.17) is 0 Å². The van der Waals surface area contributed by atoms with Gasteiger partial charge in [0.15, 0.2) is 0 Å². The number of carbonyl (C=O) groups excluding carboxylic acids is 1. The number of rotatable bonds is 3. The number of nitrogens with one attached hydrogen (secondary N) is 1. The highest BCUT2D eigenvalue weighted by Crippen LogP contribution is 2.27. The molecule has 2 aliphatic heterocycles. The van der Waals surface area contributed by atoms with Gasteiger partial charge in [0, 0.05) is 23.5 Å². The quantitative estimate of drug-likeness (QED) is 0.906.